The van der Waals surface area contributed by atoms with Crippen molar-refractivity contribution in [1.82, 2.24) is 15.5 Å². The molecule has 0 unspecified atom stereocenters. The van der Waals surface area contributed by atoms with E-state index < -0.39 is 0 Å². The molecule has 1 fully saturated rings. The lowest BCUT2D eigenvalue weighted by Gasteiger charge is -2.36. The van der Waals surface area contributed by atoms with Crippen molar-refractivity contribution in [1.29, 1.82) is 0 Å². The molecule has 170 valence electrons. The number of nitrogens with one attached hydrogen (secondary N) is 2. The van der Waals surface area contributed by atoms with Gasteiger partial charge in [0.15, 0.2) is 5.96 Å². The van der Waals surface area contributed by atoms with E-state index in [1.165, 1.54) is 18.2 Å². The van der Waals surface area contributed by atoms with Crippen molar-refractivity contribution in [3.63, 3.8) is 0 Å². The highest BCUT2D eigenvalue weighted by Crippen LogP contribution is 2.15. The molecule has 0 spiro atoms. The maximum atomic E-state index is 13.2. The van der Waals surface area contributed by atoms with Crippen molar-refractivity contribution >= 4 is 35.6 Å². The van der Waals surface area contributed by atoms with Crippen molar-refractivity contribution in [3.8, 4) is 0 Å². The Morgan fingerprint density at radius 2 is 1.68 bits per heavy atom. The van der Waals surface area contributed by atoms with Crippen LogP contribution in [-0.4, -0.2) is 63.7 Å². The number of unbranched alkanes of at least 4 members (excludes halogenated alkanes) is 1. The van der Waals surface area contributed by atoms with Gasteiger partial charge >= 0.3 is 0 Å². The molecule has 0 saturated carbocycles. The molecule has 7 heteroatoms. The molecule has 0 radical (unpaired) electrons. The van der Waals surface area contributed by atoms with E-state index in [4.69, 9.17) is 0 Å². The average molecular weight is 539 g/mol. The minimum Gasteiger partial charge on any atom is -0.369 e. The van der Waals surface area contributed by atoms with Gasteiger partial charge in [-0.05, 0) is 55.6 Å². The van der Waals surface area contributed by atoms with Crippen LogP contribution in [0.5, 0.6) is 0 Å². The second-order valence-electron chi connectivity index (χ2n) is 7.68. The zero-order chi connectivity index (χ0) is 21.0. The number of hydrogen-bond acceptors (Lipinski definition) is 3. The van der Waals surface area contributed by atoms with E-state index in [1.54, 1.807) is 19.2 Å². The summed E-state index contributed by atoms with van der Waals surface area (Å²) in [5.41, 5.74) is 2.32. The zero-order valence-corrected chi connectivity index (χ0v) is 20.7. The Bertz CT molecular complexity index is 779. The van der Waals surface area contributed by atoms with E-state index in [1.807, 2.05) is 6.07 Å². The minimum absolute atomic E-state index is 0. The summed E-state index contributed by atoms with van der Waals surface area (Å²) >= 11 is 0. The van der Waals surface area contributed by atoms with Gasteiger partial charge in [-0.2, -0.15) is 0 Å². The van der Waals surface area contributed by atoms with Gasteiger partial charge in [0.05, 0.1) is 0 Å². The van der Waals surface area contributed by atoms with Gasteiger partial charge in [0.1, 0.15) is 5.82 Å². The molecule has 1 aliphatic heterocycles. The molecule has 2 aromatic rings. The highest BCUT2D eigenvalue weighted by molar-refractivity contribution is 14.0. The first-order valence-corrected chi connectivity index (χ1v) is 11.0. The van der Waals surface area contributed by atoms with Gasteiger partial charge in [-0.3, -0.25) is 9.89 Å². The molecule has 0 aliphatic carbocycles. The van der Waals surface area contributed by atoms with Gasteiger partial charge in [0.25, 0.3) is 0 Å². The van der Waals surface area contributed by atoms with Gasteiger partial charge in [0.2, 0.25) is 0 Å². The number of rotatable bonds is 9. The molecule has 0 amide bonds. The Labute approximate surface area is 203 Å². The average Bonchev–Trinajstić information content (AvgIpc) is 2.79. The first-order valence-electron chi connectivity index (χ1n) is 11.0. The van der Waals surface area contributed by atoms with E-state index >= 15 is 0 Å². The smallest absolute Gasteiger partial charge is 0.190 e. The molecule has 0 aromatic heterocycles. The molecule has 1 saturated heterocycles. The third kappa shape index (κ3) is 9.03. The molecule has 2 aromatic carbocycles. The summed E-state index contributed by atoms with van der Waals surface area (Å²) in [4.78, 5) is 9.30. The first-order chi connectivity index (χ1) is 14.7. The number of aliphatic imine (C=N–C) groups is 1. The molecular formula is C24H35FIN5. The van der Waals surface area contributed by atoms with Gasteiger partial charge in [-0.15, -0.1) is 24.0 Å². The third-order valence-electron chi connectivity index (χ3n) is 5.51. The molecule has 0 bridgehead atoms. The van der Waals surface area contributed by atoms with Crippen molar-refractivity contribution in [2.75, 3.05) is 57.8 Å². The van der Waals surface area contributed by atoms with Crippen molar-refractivity contribution < 1.29 is 4.39 Å². The largest absolute Gasteiger partial charge is 0.369 e. The van der Waals surface area contributed by atoms with E-state index in [-0.39, 0.29) is 29.8 Å². The fourth-order valence-corrected chi connectivity index (χ4v) is 3.77. The van der Waals surface area contributed by atoms with Crippen LogP contribution in [0.1, 0.15) is 18.4 Å². The van der Waals surface area contributed by atoms with Gasteiger partial charge in [0, 0.05) is 52.0 Å². The molecule has 0 atom stereocenters. The monoisotopic (exact) mass is 539 g/mol. The van der Waals surface area contributed by atoms with Crippen LogP contribution >= 0.6 is 24.0 Å². The van der Waals surface area contributed by atoms with Crippen molar-refractivity contribution in [2.24, 2.45) is 4.99 Å². The van der Waals surface area contributed by atoms with Crippen LogP contribution in [-0.2, 0) is 6.42 Å². The second kappa shape index (κ2) is 14.2. The normalized spacial score (nSPS) is 14.8. The molecule has 31 heavy (non-hydrogen) atoms. The molecule has 2 N–H and O–H groups in total. The van der Waals surface area contributed by atoms with Crippen LogP contribution in [0.4, 0.5) is 10.1 Å². The molecule has 1 aliphatic rings. The van der Waals surface area contributed by atoms with Crippen molar-refractivity contribution in [2.45, 2.75) is 19.3 Å². The van der Waals surface area contributed by atoms with E-state index in [0.717, 1.165) is 70.2 Å². The summed E-state index contributed by atoms with van der Waals surface area (Å²) in [6, 6.07) is 17.4. The number of piperazine rings is 1. The van der Waals surface area contributed by atoms with Crippen LogP contribution in [0.25, 0.3) is 0 Å². The van der Waals surface area contributed by atoms with Gasteiger partial charge < -0.3 is 15.5 Å². The lowest BCUT2D eigenvalue weighted by atomic mass is 10.1. The van der Waals surface area contributed by atoms with E-state index in [2.05, 4.69) is 55.8 Å². The Morgan fingerprint density at radius 1 is 0.935 bits per heavy atom. The Balaban J connectivity index is 0.00000341. The lowest BCUT2D eigenvalue weighted by molar-refractivity contribution is 0.253. The van der Waals surface area contributed by atoms with Crippen LogP contribution in [0, 0.1) is 5.82 Å². The summed E-state index contributed by atoms with van der Waals surface area (Å²) in [6.07, 6.45) is 3.07. The minimum atomic E-state index is -0.184. The SMILES string of the molecule is CN=C(NCCCCN1CCN(c2ccccc2)CC1)NCCc1cccc(F)c1.I. The van der Waals surface area contributed by atoms with Crippen LogP contribution in [0.15, 0.2) is 59.6 Å². The second-order valence-corrected chi connectivity index (χ2v) is 7.68. The maximum absolute atomic E-state index is 13.2. The topological polar surface area (TPSA) is 42.9 Å². The number of hydrogen-bond donors (Lipinski definition) is 2. The summed E-state index contributed by atoms with van der Waals surface area (Å²) in [7, 11) is 1.78. The fraction of sp³-hybridized carbons (Fsp3) is 0.458. The summed E-state index contributed by atoms with van der Waals surface area (Å²) in [6.45, 7) is 7.25. The number of guanidine groups is 1. The number of benzene rings is 2. The standard InChI is InChI=1S/C24H34FN5.HI/c1-26-24(28-14-12-21-8-7-9-22(25)20-21)27-13-5-6-15-29-16-18-30(19-17-29)23-10-3-2-4-11-23;/h2-4,7-11,20H,5-6,12-19H2,1H3,(H2,26,27,28);1H. The highest BCUT2D eigenvalue weighted by atomic mass is 127. The molecule has 5 nitrogen and oxygen atoms in total. The summed E-state index contributed by atoms with van der Waals surface area (Å²) in [5.74, 6) is 0.624. The summed E-state index contributed by atoms with van der Waals surface area (Å²) < 4.78 is 13.2. The van der Waals surface area contributed by atoms with Crippen LogP contribution < -0.4 is 15.5 Å². The highest BCUT2D eigenvalue weighted by Gasteiger charge is 2.16. The molecule has 3 rings (SSSR count). The Hall–Kier alpha value is -1.87. The number of para-hydroxylation sites is 1. The van der Waals surface area contributed by atoms with E-state index in [9.17, 15) is 4.39 Å². The van der Waals surface area contributed by atoms with Gasteiger partial charge in [-0.1, -0.05) is 30.3 Å². The third-order valence-corrected chi connectivity index (χ3v) is 5.51. The number of anilines is 1. The van der Waals surface area contributed by atoms with Crippen LogP contribution in [0.3, 0.4) is 0 Å². The zero-order valence-electron chi connectivity index (χ0n) is 18.4. The Kier molecular flexibility index (Phi) is 11.7. The Morgan fingerprint density at radius 3 is 2.39 bits per heavy atom. The maximum Gasteiger partial charge on any atom is 0.190 e. The van der Waals surface area contributed by atoms with Gasteiger partial charge in [-0.25, -0.2) is 4.39 Å². The van der Waals surface area contributed by atoms with Crippen LogP contribution in [0.2, 0.25) is 0 Å². The molecular weight excluding hydrogens is 504 g/mol. The predicted molar refractivity (Wildman–Crippen MR) is 139 cm³/mol. The van der Waals surface area contributed by atoms with Crippen molar-refractivity contribution in [3.05, 3.63) is 66.0 Å². The predicted octanol–water partition coefficient (Wildman–Crippen LogP) is 3.75. The lowest BCUT2D eigenvalue weighted by Crippen LogP contribution is -2.46. The number of halogens is 2. The molecule has 1 heterocycles. The number of nitrogens with zero attached hydrogens (tertiary/aromatic N) is 3. The van der Waals surface area contributed by atoms with E-state index in [0.29, 0.717) is 0 Å². The summed E-state index contributed by atoms with van der Waals surface area (Å²) in [5, 5.41) is 6.67. The first kappa shape index (κ1) is 25.4. The quantitative estimate of drug-likeness (QED) is 0.221. The fourth-order valence-electron chi connectivity index (χ4n) is 3.77.